The first-order chi connectivity index (χ1) is 11.9. The van der Waals surface area contributed by atoms with E-state index in [4.69, 9.17) is 15.3 Å². The van der Waals surface area contributed by atoms with Gasteiger partial charge in [-0.15, -0.1) is 0 Å². The SMILES string of the molecule is COC(=O)[C@H]1CC[C@@H](Oc2cc(C)c(NC(=O)C(=O)NN)cn2)CC1. The van der Waals surface area contributed by atoms with Crippen LogP contribution in [0.3, 0.4) is 0 Å². The van der Waals surface area contributed by atoms with Crippen molar-refractivity contribution in [2.24, 2.45) is 11.8 Å². The number of ether oxygens (including phenoxy) is 2. The maximum Gasteiger partial charge on any atom is 0.323 e. The summed E-state index contributed by atoms with van der Waals surface area (Å²) >= 11 is 0. The highest BCUT2D eigenvalue weighted by atomic mass is 16.5. The molecule has 0 spiro atoms. The topological polar surface area (TPSA) is 133 Å². The third-order valence-corrected chi connectivity index (χ3v) is 4.17. The van der Waals surface area contributed by atoms with Gasteiger partial charge in [-0.3, -0.25) is 19.8 Å². The van der Waals surface area contributed by atoms with Crippen molar-refractivity contribution < 1.29 is 23.9 Å². The van der Waals surface area contributed by atoms with E-state index in [0.717, 1.165) is 25.7 Å². The van der Waals surface area contributed by atoms with E-state index in [1.807, 2.05) is 0 Å². The number of nitrogens with zero attached hydrogens (tertiary/aromatic N) is 1. The van der Waals surface area contributed by atoms with Crippen LogP contribution in [0, 0.1) is 12.8 Å². The van der Waals surface area contributed by atoms with Crippen LogP contribution in [0.1, 0.15) is 31.2 Å². The molecule has 1 fully saturated rings. The predicted octanol–water partition coefficient (Wildman–Crippen LogP) is 0.429. The summed E-state index contributed by atoms with van der Waals surface area (Å²) in [5, 5.41) is 2.42. The number of aromatic nitrogens is 1. The summed E-state index contributed by atoms with van der Waals surface area (Å²) in [6.07, 6.45) is 4.34. The molecule has 9 nitrogen and oxygen atoms in total. The number of anilines is 1. The van der Waals surface area contributed by atoms with Crippen LogP contribution in [0.2, 0.25) is 0 Å². The Morgan fingerprint density at radius 1 is 1.20 bits per heavy atom. The van der Waals surface area contributed by atoms with E-state index in [1.165, 1.54) is 13.3 Å². The van der Waals surface area contributed by atoms with Crippen LogP contribution in [0.4, 0.5) is 5.69 Å². The van der Waals surface area contributed by atoms with Crippen molar-refractivity contribution in [3.05, 3.63) is 17.8 Å². The van der Waals surface area contributed by atoms with Gasteiger partial charge in [-0.2, -0.15) is 0 Å². The Morgan fingerprint density at radius 2 is 1.88 bits per heavy atom. The van der Waals surface area contributed by atoms with Crippen molar-refractivity contribution in [2.45, 2.75) is 38.7 Å². The number of nitrogens with two attached hydrogens (primary N) is 1. The molecular formula is C16H22N4O5. The molecule has 0 unspecified atom stereocenters. The van der Waals surface area contributed by atoms with Gasteiger partial charge in [-0.05, 0) is 38.2 Å². The first-order valence-electron chi connectivity index (χ1n) is 7.97. The molecule has 1 heterocycles. The van der Waals surface area contributed by atoms with Gasteiger partial charge in [-0.25, -0.2) is 10.8 Å². The van der Waals surface area contributed by atoms with Crippen molar-refractivity contribution in [2.75, 3.05) is 12.4 Å². The molecule has 136 valence electrons. The summed E-state index contributed by atoms with van der Waals surface area (Å²) in [5.41, 5.74) is 2.86. The molecule has 0 bridgehead atoms. The maximum atomic E-state index is 11.5. The molecule has 0 radical (unpaired) electrons. The average Bonchev–Trinajstić information content (AvgIpc) is 2.63. The van der Waals surface area contributed by atoms with Crippen molar-refractivity contribution in [1.29, 1.82) is 0 Å². The summed E-state index contributed by atoms with van der Waals surface area (Å²) < 4.78 is 10.6. The van der Waals surface area contributed by atoms with E-state index >= 15 is 0 Å². The minimum Gasteiger partial charge on any atom is -0.474 e. The molecule has 0 saturated heterocycles. The van der Waals surface area contributed by atoms with Gasteiger partial charge in [0.25, 0.3) is 0 Å². The number of esters is 1. The zero-order valence-corrected chi connectivity index (χ0v) is 14.2. The molecule has 1 saturated carbocycles. The summed E-state index contributed by atoms with van der Waals surface area (Å²) in [6, 6.07) is 1.68. The summed E-state index contributed by atoms with van der Waals surface area (Å²) in [4.78, 5) is 38.3. The Labute approximate surface area is 145 Å². The van der Waals surface area contributed by atoms with E-state index in [9.17, 15) is 14.4 Å². The summed E-state index contributed by atoms with van der Waals surface area (Å²) in [7, 11) is 1.40. The number of methoxy groups -OCH3 is 1. The van der Waals surface area contributed by atoms with E-state index in [-0.39, 0.29) is 18.0 Å². The molecule has 9 heteroatoms. The number of nitrogens with one attached hydrogen (secondary N) is 2. The van der Waals surface area contributed by atoms with Gasteiger partial charge in [0.1, 0.15) is 6.10 Å². The lowest BCUT2D eigenvalue weighted by Crippen LogP contribution is -2.39. The zero-order valence-electron chi connectivity index (χ0n) is 14.2. The number of hydrazine groups is 1. The number of rotatable bonds is 4. The predicted molar refractivity (Wildman–Crippen MR) is 88.3 cm³/mol. The van der Waals surface area contributed by atoms with Crippen LogP contribution in [0.25, 0.3) is 0 Å². The van der Waals surface area contributed by atoms with Gasteiger partial charge in [0.2, 0.25) is 5.88 Å². The molecule has 1 aliphatic rings. The van der Waals surface area contributed by atoms with Gasteiger partial charge in [0, 0.05) is 6.07 Å². The standard InChI is InChI=1S/C16H22N4O5/c1-9-7-13(18-8-12(9)19-14(21)15(22)20-17)25-11-5-3-10(4-6-11)16(23)24-2/h7-8,10-11H,3-6,17H2,1-2H3,(H,19,21)(H,20,22)/t10-,11+. The van der Waals surface area contributed by atoms with E-state index in [2.05, 4.69) is 10.3 Å². The Hall–Kier alpha value is -2.68. The normalized spacial score (nSPS) is 19.6. The molecular weight excluding hydrogens is 328 g/mol. The second kappa shape index (κ2) is 8.43. The van der Waals surface area contributed by atoms with E-state index < -0.39 is 11.8 Å². The summed E-state index contributed by atoms with van der Waals surface area (Å²) in [6.45, 7) is 1.76. The van der Waals surface area contributed by atoms with Crippen molar-refractivity contribution in [3.63, 3.8) is 0 Å². The second-order valence-electron chi connectivity index (χ2n) is 5.88. The monoisotopic (exact) mass is 350 g/mol. The van der Waals surface area contributed by atoms with Gasteiger partial charge in [0.15, 0.2) is 0 Å². The number of hydrogen-bond donors (Lipinski definition) is 3. The van der Waals surface area contributed by atoms with Gasteiger partial charge in [0.05, 0.1) is 24.9 Å². The lowest BCUT2D eigenvalue weighted by Gasteiger charge is -2.27. The van der Waals surface area contributed by atoms with Crippen LogP contribution < -0.4 is 21.3 Å². The minimum atomic E-state index is -0.943. The van der Waals surface area contributed by atoms with E-state index in [1.54, 1.807) is 18.4 Å². The molecule has 1 aromatic rings. The van der Waals surface area contributed by atoms with Gasteiger partial charge >= 0.3 is 17.8 Å². The molecule has 2 amide bonds. The lowest BCUT2D eigenvalue weighted by atomic mass is 9.87. The molecule has 0 aromatic carbocycles. The number of amides is 2. The number of hydrogen-bond acceptors (Lipinski definition) is 7. The number of pyridine rings is 1. The fraction of sp³-hybridized carbons (Fsp3) is 0.500. The minimum absolute atomic E-state index is 0.0173. The van der Waals surface area contributed by atoms with Crippen LogP contribution in [-0.2, 0) is 19.1 Å². The summed E-state index contributed by atoms with van der Waals surface area (Å²) in [5.74, 6) is 3.28. The highest BCUT2D eigenvalue weighted by Crippen LogP contribution is 2.28. The number of carbonyl (C=O) groups excluding carboxylic acids is 3. The zero-order chi connectivity index (χ0) is 18.4. The highest BCUT2D eigenvalue weighted by molar-refractivity contribution is 6.39. The molecule has 2 rings (SSSR count). The molecule has 4 N–H and O–H groups in total. The van der Waals surface area contributed by atoms with Crippen LogP contribution in [-0.4, -0.2) is 36.0 Å². The van der Waals surface area contributed by atoms with Crippen LogP contribution in [0.15, 0.2) is 12.3 Å². The first kappa shape index (κ1) is 18.7. The Morgan fingerprint density at radius 3 is 2.44 bits per heavy atom. The van der Waals surface area contributed by atoms with Crippen molar-refractivity contribution in [1.82, 2.24) is 10.4 Å². The first-order valence-corrected chi connectivity index (χ1v) is 7.97. The van der Waals surface area contributed by atoms with Crippen LogP contribution >= 0.6 is 0 Å². The molecule has 1 aliphatic carbocycles. The van der Waals surface area contributed by atoms with Crippen LogP contribution in [0.5, 0.6) is 5.88 Å². The van der Waals surface area contributed by atoms with Gasteiger partial charge in [-0.1, -0.05) is 0 Å². The quantitative estimate of drug-likeness (QED) is 0.236. The largest absolute Gasteiger partial charge is 0.474 e. The van der Waals surface area contributed by atoms with Crippen molar-refractivity contribution >= 4 is 23.5 Å². The number of aryl methyl sites for hydroxylation is 1. The fourth-order valence-electron chi connectivity index (χ4n) is 2.72. The Kier molecular flexibility index (Phi) is 6.29. The molecule has 0 atom stereocenters. The smallest absolute Gasteiger partial charge is 0.323 e. The molecule has 1 aromatic heterocycles. The maximum absolute atomic E-state index is 11.5. The molecule has 25 heavy (non-hydrogen) atoms. The van der Waals surface area contributed by atoms with Crippen molar-refractivity contribution in [3.8, 4) is 5.88 Å². The Bertz CT molecular complexity index is 656. The molecule has 0 aliphatic heterocycles. The fourth-order valence-corrected chi connectivity index (χ4v) is 2.72. The second-order valence-corrected chi connectivity index (χ2v) is 5.88. The Balaban J connectivity index is 1.92. The third-order valence-electron chi connectivity index (χ3n) is 4.17. The third kappa shape index (κ3) is 4.90. The highest BCUT2D eigenvalue weighted by Gasteiger charge is 2.28. The lowest BCUT2D eigenvalue weighted by molar-refractivity contribution is -0.147. The van der Waals surface area contributed by atoms with Gasteiger partial charge < -0.3 is 14.8 Å². The number of carbonyl (C=O) groups is 3. The van der Waals surface area contributed by atoms with E-state index in [0.29, 0.717) is 17.1 Å². The average molecular weight is 350 g/mol.